The van der Waals surface area contributed by atoms with Gasteiger partial charge in [0.05, 0.1) is 10.5 Å². The van der Waals surface area contributed by atoms with Crippen molar-refractivity contribution in [2.75, 3.05) is 31.1 Å². The molecule has 2 aliphatic heterocycles. The third-order valence-electron chi connectivity index (χ3n) is 6.24. The van der Waals surface area contributed by atoms with E-state index in [1.807, 2.05) is 0 Å². The molecule has 7 nitrogen and oxygen atoms in total. The van der Waals surface area contributed by atoms with Gasteiger partial charge >= 0.3 is 6.61 Å². The molecular weight excluding hydrogens is 464 g/mol. The molecular formula is C24H29F2N3O4S. The fourth-order valence-electron chi connectivity index (χ4n) is 4.48. The first-order chi connectivity index (χ1) is 16.4. The highest BCUT2D eigenvalue weighted by Gasteiger charge is 2.29. The standard InChI is InChI=1S/C24H29F2N3O4S/c25-24(26)33-22-9-3-2-8-18(22)17-27-23(30)20-16-19(10-11-21(20)28-12-6-7-13-28)34(31,32)29-14-4-1-5-15-29/h2-3,8-11,16,24H,1,4-7,12-15,17H2,(H,27,30). The van der Waals surface area contributed by atoms with E-state index in [1.165, 1.54) is 16.4 Å². The number of rotatable bonds is 8. The van der Waals surface area contributed by atoms with Crippen LogP contribution in [-0.2, 0) is 16.6 Å². The van der Waals surface area contributed by atoms with Crippen molar-refractivity contribution in [1.82, 2.24) is 9.62 Å². The highest BCUT2D eigenvalue weighted by molar-refractivity contribution is 7.89. The van der Waals surface area contributed by atoms with Crippen molar-refractivity contribution in [2.24, 2.45) is 0 Å². The Labute approximate surface area is 198 Å². The maximum absolute atomic E-state index is 13.2. The average Bonchev–Trinajstić information content (AvgIpc) is 3.38. The molecule has 0 aromatic heterocycles. The van der Waals surface area contributed by atoms with Crippen LogP contribution in [-0.4, -0.2) is 51.4 Å². The minimum atomic E-state index is -3.71. The first kappa shape index (κ1) is 24.4. The molecule has 1 N–H and O–H groups in total. The number of sulfonamides is 1. The lowest BCUT2D eigenvalue weighted by Gasteiger charge is -2.27. The molecule has 0 spiro atoms. The number of benzene rings is 2. The molecule has 2 fully saturated rings. The van der Waals surface area contributed by atoms with Crippen LogP contribution in [0.4, 0.5) is 14.5 Å². The predicted octanol–water partition coefficient (Wildman–Crippen LogP) is 3.99. The van der Waals surface area contributed by atoms with Crippen LogP contribution in [0, 0.1) is 0 Å². The van der Waals surface area contributed by atoms with E-state index in [9.17, 15) is 22.0 Å². The minimum absolute atomic E-state index is 0.0148. The number of hydrogen-bond donors (Lipinski definition) is 1. The molecule has 0 unspecified atom stereocenters. The Kier molecular flexibility index (Phi) is 7.67. The van der Waals surface area contributed by atoms with Gasteiger partial charge in [-0.25, -0.2) is 8.42 Å². The number of para-hydroxylation sites is 1. The molecule has 2 aromatic rings. The zero-order valence-electron chi connectivity index (χ0n) is 18.9. The molecule has 10 heteroatoms. The van der Waals surface area contributed by atoms with Crippen LogP contribution < -0.4 is 15.0 Å². The lowest BCUT2D eigenvalue weighted by molar-refractivity contribution is -0.0504. The van der Waals surface area contributed by atoms with Gasteiger partial charge in [0, 0.05) is 44.0 Å². The van der Waals surface area contributed by atoms with Crippen LogP contribution in [0.25, 0.3) is 0 Å². The maximum atomic E-state index is 13.2. The molecule has 0 bridgehead atoms. The number of nitrogens with zero attached hydrogens (tertiary/aromatic N) is 2. The summed E-state index contributed by atoms with van der Waals surface area (Å²) in [5.74, 6) is -0.483. The summed E-state index contributed by atoms with van der Waals surface area (Å²) in [6.07, 6.45) is 4.63. The number of alkyl halides is 2. The average molecular weight is 494 g/mol. The lowest BCUT2D eigenvalue weighted by atomic mass is 10.1. The van der Waals surface area contributed by atoms with Crippen LogP contribution in [0.3, 0.4) is 0 Å². The number of amides is 1. The van der Waals surface area contributed by atoms with Gasteiger partial charge in [-0.2, -0.15) is 13.1 Å². The maximum Gasteiger partial charge on any atom is 0.387 e. The van der Waals surface area contributed by atoms with Crippen LogP contribution in [0.5, 0.6) is 5.75 Å². The van der Waals surface area contributed by atoms with Crippen molar-refractivity contribution in [3.63, 3.8) is 0 Å². The Balaban J connectivity index is 1.61. The summed E-state index contributed by atoms with van der Waals surface area (Å²) >= 11 is 0. The Bertz CT molecular complexity index is 1110. The number of anilines is 1. The van der Waals surface area contributed by atoms with E-state index < -0.39 is 22.5 Å². The summed E-state index contributed by atoms with van der Waals surface area (Å²) in [5.41, 5.74) is 1.33. The van der Waals surface area contributed by atoms with Crippen LogP contribution in [0.1, 0.15) is 48.0 Å². The Morgan fingerprint density at radius 1 is 0.971 bits per heavy atom. The van der Waals surface area contributed by atoms with Gasteiger partial charge in [-0.05, 0) is 49.9 Å². The second-order valence-corrected chi connectivity index (χ2v) is 10.4. The van der Waals surface area contributed by atoms with Crippen molar-refractivity contribution in [2.45, 2.75) is 50.2 Å². The van der Waals surface area contributed by atoms with E-state index >= 15 is 0 Å². The molecule has 0 saturated carbocycles. The van der Waals surface area contributed by atoms with E-state index in [0.29, 0.717) is 24.3 Å². The van der Waals surface area contributed by atoms with Crippen molar-refractivity contribution >= 4 is 21.6 Å². The molecule has 1 amide bonds. The third-order valence-corrected chi connectivity index (χ3v) is 8.13. The lowest BCUT2D eigenvalue weighted by Crippen LogP contribution is -2.36. The van der Waals surface area contributed by atoms with E-state index in [1.54, 1.807) is 30.3 Å². The van der Waals surface area contributed by atoms with Gasteiger partial charge in [-0.3, -0.25) is 4.79 Å². The van der Waals surface area contributed by atoms with Crippen molar-refractivity contribution in [1.29, 1.82) is 0 Å². The molecule has 0 radical (unpaired) electrons. The van der Waals surface area contributed by atoms with Crippen LogP contribution in [0.15, 0.2) is 47.4 Å². The highest BCUT2D eigenvalue weighted by Crippen LogP contribution is 2.30. The minimum Gasteiger partial charge on any atom is -0.434 e. The normalized spacial score (nSPS) is 17.2. The van der Waals surface area contributed by atoms with Crippen molar-refractivity contribution < 1.29 is 26.7 Å². The number of halogens is 2. The summed E-state index contributed by atoms with van der Waals surface area (Å²) in [5, 5.41) is 2.75. The summed E-state index contributed by atoms with van der Waals surface area (Å²) in [6.45, 7) is -0.510. The molecule has 2 heterocycles. The largest absolute Gasteiger partial charge is 0.434 e. The summed E-state index contributed by atoms with van der Waals surface area (Å²) in [6, 6.07) is 11.0. The van der Waals surface area contributed by atoms with Gasteiger partial charge in [0.15, 0.2) is 0 Å². The number of carbonyl (C=O) groups is 1. The fourth-order valence-corrected chi connectivity index (χ4v) is 6.02. The van der Waals surface area contributed by atoms with Crippen molar-refractivity contribution in [3.05, 3.63) is 53.6 Å². The smallest absolute Gasteiger partial charge is 0.387 e. The first-order valence-electron chi connectivity index (χ1n) is 11.6. The zero-order chi connectivity index (χ0) is 24.1. The van der Waals surface area contributed by atoms with Gasteiger partial charge in [0.1, 0.15) is 5.75 Å². The SMILES string of the molecule is O=C(NCc1ccccc1OC(F)F)c1cc(S(=O)(=O)N2CCCCC2)ccc1N1CCCC1. The number of carbonyl (C=O) groups excluding carboxylic acids is 1. The van der Waals surface area contributed by atoms with Crippen LogP contribution >= 0.6 is 0 Å². The molecule has 0 aliphatic carbocycles. The Morgan fingerprint density at radius 3 is 2.35 bits per heavy atom. The first-order valence-corrected chi connectivity index (χ1v) is 13.0. The van der Waals surface area contributed by atoms with E-state index in [4.69, 9.17) is 0 Å². The van der Waals surface area contributed by atoms with Gasteiger partial charge in [0.2, 0.25) is 10.0 Å². The van der Waals surface area contributed by atoms with Gasteiger partial charge in [-0.15, -0.1) is 0 Å². The molecule has 0 atom stereocenters. The topological polar surface area (TPSA) is 78.9 Å². The van der Waals surface area contributed by atoms with E-state index in [0.717, 1.165) is 45.2 Å². The van der Waals surface area contributed by atoms with E-state index in [-0.39, 0.29) is 22.8 Å². The number of piperidine rings is 1. The molecule has 2 aromatic carbocycles. The fraction of sp³-hybridized carbons (Fsp3) is 0.458. The zero-order valence-corrected chi connectivity index (χ0v) is 19.7. The van der Waals surface area contributed by atoms with Crippen molar-refractivity contribution in [3.8, 4) is 5.75 Å². The number of nitrogens with one attached hydrogen (secondary N) is 1. The molecule has 4 rings (SSSR count). The van der Waals surface area contributed by atoms with Gasteiger partial charge in [-0.1, -0.05) is 24.6 Å². The second-order valence-electron chi connectivity index (χ2n) is 8.51. The monoisotopic (exact) mass is 493 g/mol. The Hall–Kier alpha value is -2.72. The quantitative estimate of drug-likeness (QED) is 0.602. The third kappa shape index (κ3) is 5.50. The van der Waals surface area contributed by atoms with Crippen LogP contribution in [0.2, 0.25) is 0 Å². The molecule has 2 aliphatic rings. The summed E-state index contributed by atoms with van der Waals surface area (Å²) in [7, 11) is -3.71. The highest BCUT2D eigenvalue weighted by atomic mass is 32.2. The predicted molar refractivity (Wildman–Crippen MR) is 125 cm³/mol. The van der Waals surface area contributed by atoms with Gasteiger partial charge < -0.3 is 15.0 Å². The van der Waals surface area contributed by atoms with Gasteiger partial charge in [0.25, 0.3) is 5.91 Å². The summed E-state index contributed by atoms with van der Waals surface area (Å²) < 4.78 is 57.9. The molecule has 184 valence electrons. The Morgan fingerprint density at radius 2 is 1.65 bits per heavy atom. The number of hydrogen-bond acceptors (Lipinski definition) is 5. The molecule has 34 heavy (non-hydrogen) atoms. The second kappa shape index (κ2) is 10.7. The van der Waals surface area contributed by atoms with E-state index in [2.05, 4.69) is 15.0 Å². The number of ether oxygens (including phenoxy) is 1. The molecule has 2 saturated heterocycles. The summed E-state index contributed by atoms with van der Waals surface area (Å²) in [4.78, 5) is 15.4.